The SMILES string of the molecule is Cc1cccc(CC(C)OC(C)C)c1. The molecule has 1 nitrogen and oxygen atoms in total. The van der Waals surface area contributed by atoms with Crippen LogP contribution in [0.25, 0.3) is 0 Å². The molecule has 0 aliphatic heterocycles. The van der Waals surface area contributed by atoms with Crippen molar-refractivity contribution in [3.05, 3.63) is 35.4 Å². The normalized spacial score (nSPS) is 13.2. The van der Waals surface area contributed by atoms with Crippen LogP contribution in [-0.4, -0.2) is 12.2 Å². The van der Waals surface area contributed by atoms with Crippen molar-refractivity contribution in [2.24, 2.45) is 0 Å². The molecule has 0 aliphatic carbocycles. The lowest BCUT2D eigenvalue weighted by Crippen LogP contribution is -2.16. The van der Waals surface area contributed by atoms with E-state index in [0.29, 0.717) is 12.2 Å². The van der Waals surface area contributed by atoms with E-state index in [-0.39, 0.29) is 0 Å². The Balaban J connectivity index is 2.51. The van der Waals surface area contributed by atoms with Crippen molar-refractivity contribution >= 4 is 0 Å². The van der Waals surface area contributed by atoms with Crippen LogP contribution >= 0.6 is 0 Å². The molecule has 0 radical (unpaired) electrons. The van der Waals surface area contributed by atoms with Crippen molar-refractivity contribution in [2.45, 2.75) is 46.3 Å². The first-order valence-corrected chi connectivity index (χ1v) is 5.29. The minimum Gasteiger partial charge on any atom is -0.376 e. The summed E-state index contributed by atoms with van der Waals surface area (Å²) in [6, 6.07) is 8.61. The number of rotatable bonds is 4. The second-order valence-corrected chi connectivity index (χ2v) is 4.19. The number of hydrogen-bond acceptors (Lipinski definition) is 1. The average molecular weight is 192 g/mol. The maximum absolute atomic E-state index is 5.69. The van der Waals surface area contributed by atoms with Crippen LogP contribution in [0.4, 0.5) is 0 Å². The molecule has 1 aromatic rings. The molecule has 1 atom stereocenters. The molecule has 1 heteroatoms. The first-order valence-electron chi connectivity index (χ1n) is 5.29. The van der Waals surface area contributed by atoms with Crippen molar-refractivity contribution in [1.29, 1.82) is 0 Å². The topological polar surface area (TPSA) is 9.23 Å². The van der Waals surface area contributed by atoms with Gasteiger partial charge in [-0.05, 0) is 39.7 Å². The van der Waals surface area contributed by atoms with Gasteiger partial charge in [0.25, 0.3) is 0 Å². The van der Waals surface area contributed by atoms with Crippen LogP contribution in [0.3, 0.4) is 0 Å². The van der Waals surface area contributed by atoms with E-state index in [1.807, 2.05) is 0 Å². The number of benzene rings is 1. The van der Waals surface area contributed by atoms with E-state index in [0.717, 1.165) is 6.42 Å². The maximum atomic E-state index is 5.69. The van der Waals surface area contributed by atoms with Gasteiger partial charge in [0.2, 0.25) is 0 Å². The van der Waals surface area contributed by atoms with Gasteiger partial charge >= 0.3 is 0 Å². The fourth-order valence-electron chi connectivity index (χ4n) is 1.68. The van der Waals surface area contributed by atoms with E-state index in [1.165, 1.54) is 11.1 Å². The molecular weight excluding hydrogens is 172 g/mol. The first-order chi connectivity index (χ1) is 6.58. The molecule has 0 fully saturated rings. The lowest BCUT2D eigenvalue weighted by atomic mass is 10.1. The van der Waals surface area contributed by atoms with Crippen LogP contribution in [-0.2, 0) is 11.2 Å². The van der Waals surface area contributed by atoms with E-state index in [2.05, 4.69) is 52.0 Å². The number of aryl methyl sites for hydroxylation is 1. The van der Waals surface area contributed by atoms with Crippen LogP contribution in [0.15, 0.2) is 24.3 Å². The zero-order chi connectivity index (χ0) is 10.6. The predicted molar refractivity (Wildman–Crippen MR) is 60.6 cm³/mol. The summed E-state index contributed by atoms with van der Waals surface area (Å²) in [7, 11) is 0. The second kappa shape index (κ2) is 5.16. The fourth-order valence-corrected chi connectivity index (χ4v) is 1.68. The maximum Gasteiger partial charge on any atom is 0.0590 e. The minimum absolute atomic E-state index is 0.303. The smallest absolute Gasteiger partial charge is 0.0590 e. The summed E-state index contributed by atoms with van der Waals surface area (Å²) in [4.78, 5) is 0. The Morgan fingerprint density at radius 3 is 2.50 bits per heavy atom. The predicted octanol–water partition coefficient (Wildman–Crippen LogP) is 3.35. The third kappa shape index (κ3) is 3.93. The zero-order valence-corrected chi connectivity index (χ0v) is 9.58. The molecule has 0 N–H and O–H groups in total. The van der Waals surface area contributed by atoms with Gasteiger partial charge < -0.3 is 4.74 Å². The van der Waals surface area contributed by atoms with Gasteiger partial charge in [0, 0.05) is 0 Å². The van der Waals surface area contributed by atoms with Crippen LogP contribution < -0.4 is 0 Å². The molecule has 0 aliphatic rings. The van der Waals surface area contributed by atoms with Crippen molar-refractivity contribution in [3.8, 4) is 0 Å². The average Bonchev–Trinajstić information content (AvgIpc) is 2.01. The van der Waals surface area contributed by atoms with Gasteiger partial charge in [-0.3, -0.25) is 0 Å². The molecule has 0 aromatic heterocycles. The third-order valence-electron chi connectivity index (χ3n) is 2.11. The molecule has 0 bridgehead atoms. The molecular formula is C13H20O. The van der Waals surface area contributed by atoms with Crippen LogP contribution in [0.2, 0.25) is 0 Å². The molecule has 0 heterocycles. The largest absolute Gasteiger partial charge is 0.376 e. The summed E-state index contributed by atoms with van der Waals surface area (Å²) < 4.78 is 5.69. The fraction of sp³-hybridized carbons (Fsp3) is 0.538. The van der Waals surface area contributed by atoms with E-state index in [9.17, 15) is 0 Å². The van der Waals surface area contributed by atoms with Gasteiger partial charge in [-0.15, -0.1) is 0 Å². The van der Waals surface area contributed by atoms with Crippen LogP contribution in [0.5, 0.6) is 0 Å². The Morgan fingerprint density at radius 1 is 1.21 bits per heavy atom. The summed E-state index contributed by atoms with van der Waals surface area (Å²) in [5, 5.41) is 0. The highest BCUT2D eigenvalue weighted by Gasteiger charge is 2.05. The summed E-state index contributed by atoms with van der Waals surface area (Å²) >= 11 is 0. The van der Waals surface area contributed by atoms with Crippen LogP contribution in [0.1, 0.15) is 31.9 Å². The zero-order valence-electron chi connectivity index (χ0n) is 9.58. The molecule has 1 aromatic carbocycles. The van der Waals surface area contributed by atoms with Crippen molar-refractivity contribution < 1.29 is 4.74 Å². The lowest BCUT2D eigenvalue weighted by molar-refractivity contribution is 0.0195. The van der Waals surface area contributed by atoms with Gasteiger partial charge in [-0.25, -0.2) is 0 Å². The second-order valence-electron chi connectivity index (χ2n) is 4.19. The number of ether oxygens (including phenoxy) is 1. The van der Waals surface area contributed by atoms with Gasteiger partial charge in [0.15, 0.2) is 0 Å². The molecule has 14 heavy (non-hydrogen) atoms. The highest BCUT2D eigenvalue weighted by molar-refractivity contribution is 5.22. The monoisotopic (exact) mass is 192 g/mol. The molecule has 78 valence electrons. The molecule has 0 saturated carbocycles. The summed E-state index contributed by atoms with van der Waals surface area (Å²) in [6.45, 7) is 8.40. The first kappa shape index (κ1) is 11.3. The summed E-state index contributed by atoms with van der Waals surface area (Å²) in [5.41, 5.74) is 2.68. The van der Waals surface area contributed by atoms with Crippen molar-refractivity contribution in [2.75, 3.05) is 0 Å². The third-order valence-corrected chi connectivity index (χ3v) is 2.11. The van der Waals surface area contributed by atoms with Gasteiger partial charge in [-0.2, -0.15) is 0 Å². The lowest BCUT2D eigenvalue weighted by Gasteiger charge is -2.16. The highest BCUT2D eigenvalue weighted by atomic mass is 16.5. The molecule has 1 unspecified atom stereocenters. The summed E-state index contributed by atoms with van der Waals surface area (Å²) in [5.74, 6) is 0. The minimum atomic E-state index is 0.303. The van der Waals surface area contributed by atoms with E-state index in [4.69, 9.17) is 4.74 Å². The molecule has 0 amide bonds. The van der Waals surface area contributed by atoms with Crippen LogP contribution in [0, 0.1) is 6.92 Å². The van der Waals surface area contributed by atoms with Gasteiger partial charge in [-0.1, -0.05) is 29.8 Å². The highest BCUT2D eigenvalue weighted by Crippen LogP contribution is 2.09. The quantitative estimate of drug-likeness (QED) is 0.711. The standard InChI is InChI=1S/C13H20O/c1-10(2)14-12(4)9-13-7-5-6-11(3)8-13/h5-8,10,12H,9H2,1-4H3. The Hall–Kier alpha value is -0.820. The van der Waals surface area contributed by atoms with Crippen molar-refractivity contribution in [3.63, 3.8) is 0 Å². The Kier molecular flexibility index (Phi) is 4.15. The molecule has 1 rings (SSSR count). The Bertz CT molecular complexity index is 278. The van der Waals surface area contributed by atoms with Crippen molar-refractivity contribution in [1.82, 2.24) is 0 Å². The van der Waals surface area contributed by atoms with Gasteiger partial charge in [0.1, 0.15) is 0 Å². The van der Waals surface area contributed by atoms with E-state index < -0.39 is 0 Å². The molecule has 0 saturated heterocycles. The Morgan fingerprint density at radius 2 is 1.93 bits per heavy atom. The van der Waals surface area contributed by atoms with Gasteiger partial charge in [0.05, 0.1) is 12.2 Å². The van der Waals surface area contributed by atoms with E-state index >= 15 is 0 Å². The number of hydrogen-bond donors (Lipinski definition) is 0. The van der Waals surface area contributed by atoms with E-state index in [1.54, 1.807) is 0 Å². The Labute approximate surface area is 87.1 Å². The summed E-state index contributed by atoms with van der Waals surface area (Å²) in [6.07, 6.45) is 1.62. The molecule has 0 spiro atoms.